The van der Waals surface area contributed by atoms with Crippen molar-refractivity contribution in [3.05, 3.63) is 66.0 Å². The normalized spacial score (nSPS) is 14.4. The lowest BCUT2D eigenvalue weighted by molar-refractivity contribution is -0.136. The molecule has 0 aliphatic carbocycles. The number of benzene rings is 2. The van der Waals surface area contributed by atoms with Crippen molar-refractivity contribution < 1.29 is 18.7 Å². The third kappa shape index (κ3) is 6.29. The maximum Gasteiger partial charge on any atom is 0.260 e. The number of hydrogen-bond donors (Lipinski definition) is 0. The van der Waals surface area contributed by atoms with Gasteiger partial charge in [0.2, 0.25) is 5.91 Å². The Kier molecular flexibility index (Phi) is 7.79. The molecule has 7 heteroatoms. The molecule has 160 valence electrons. The van der Waals surface area contributed by atoms with E-state index in [0.717, 1.165) is 5.56 Å². The summed E-state index contributed by atoms with van der Waals surface area (Å²) in [7, 11) is 0. The van der Waals surface area contributed by atoms with Crippen LogP contribution in [0.15, 0.2) is 54.6 Å². The Labute approximate surface area is 176 Å². The van der Waals surface area contributed by atoms with E-state index < -0.39 is 0 Å². The van der Waals surface area contributed by atoms with Gasteiger partial charge < -0.3 is 14.5 Å². The van der Waals surface area contributed by atoms with Crippen molar-refractivity contribution in [1.29, 1.82) is 0 Å². The van der Waals surface area contributed by atoms with Gasteiger partial charge in [-0.25, -0.2) is 4.39 Å². The van der Waals surface area contributed by atoms with Crippen LogP contribution >= 0.6 is 0 Å². The van der Waals surface area contributed by atoms with Crippen LogP contribution in [0.3, 0.4) is 0 Å². The quantitative estimate of drug-likeness (QED) is 0.667. The van der Waals surface area contributed by atoms with Gasteiger partial charge in [0.25, 0.3) is 5.91 Å². The number of hydrogen-bond acceptors (Lipinski definition) is 4. The predicted molar refractivity (Wildman–Crippen MR) is 112 cm³/mol. The zero-order valence-corrected chi connectivity index (χ0v) is 17.3. The maximum atomic E-state index is 12.9. The van der Waals surface area contributed by atoms with Crippen LogP contribution in [-0.2, 0) is 16.1 Å². The highest BCUT2D eigenvalue weighted by molar-refractivity contribution is 5.79. The van der Waals surface area contributed by atoms with E-state index in [2.05, 4.69) is 4.90 Å². The van der Waals surface area contributed by atoms with Gasteiger partial charge in [0, 0.05) is 39.3 Å². The molecule has 3 rings (SSSR count). The molecule has 0 N–H and O–H groups in total. The molecule has 6 nitrogen and oxygen atoms in total. The van der Waals surface area contributed by atoms with Crippen molar-refractivity contribution in [2.24, 2.45) is 0 Å². The van der Waals surface area contributed by atoms with Gasteiger partial charge in [-0.1, -0.05) is 30.3 Å². The number of halogens is 1. The van der Waals surface area contributed by atoms with E-state index in [1.54, 1.807) is 4.90 Å². The smallest absolute Gasteiger partial charge is 0.260 e. The number of amides is 2. The Bertz CT molecular complexity index is 821. The fourth-order valence-electron chi connectivity index (χ4n) is 3.39. The highest BCUT2D eigenvalue weighted by atomic mass is 19.1. The first kappa shape index (κ1) is 21.8. The number of likely N-dealkylation sites (N-methyl/N-ethyl adjacent to an activating group) is 1. The minimum atomic E-state index is -0.343. The number of rotatable bonds is 8. The summed E-state index contributed by atoms with van der Waals surface area (Å²) in [6, 6.07) is 15.6. The van der Waals surface area contributed by atoms with Gasteiger partial charge in [0.15, 0.2) is 6.61 Å². The van der Waals surface area contributed by atoms with Gasteiger partial charge in [-0.2, -0.15) is 0 Å². The number of piperazine rings is 1. The molecule has 0 bridgehead atoms. The zero-order valence-electron chi connectivity index (χ0n) is 17.3. The molecule has 0 unspecified atom stereocenters. The molecule has 0 atom stereocenters. The molecule has 1 aliphatic heterocycles. The lowest BCUT2D eigenvalue weighted by atomic mass is 10.2. The molecular formula is C23H28FN3O3. The molecule has 0 aromatic heterocycles. The third-order valence-corrected chi connectivity index (χ3v) is 5.21. The number of carbonyl (C=O) groups excluding carboxylic acids is 2. The molecule has 0 radical (unpaired) electrons. The summed E-state index contributed by atoms with van der Waals surface area (Å²) < 4.78 is 18.4. The van der Waals surface area contributed by atoms with Gasteiger partial charge in [-0.3, -0.25) is 14.5 Å². The average molecular weight is 413 g/mol. The summed E-state index contributed by atoms with van der Waals surface area (Å²) in [6.45, 7) is 5.95. The Morgan fingerprint density at radius 2 is 1.67 bits per heavy atom. The monoisotopic (exact) mass is 413 g/mol. The fourth-order valence-corrected chi connectivity index (χ4v) is 3.39. The van der Waals surface area contributed by atoms with E-state index >= 15 is 0 Å². The summed E-state index contributed by atoms with van der Waals surface area (Å²) in [5.74, 6) is 0.113. The van der Waals surface area contributed by atoms with E-state index in [-0.39, 0.29) is 24.2 Å². The second-order valence-corrected chi connectivity index (χ2v) is 7.29. The highest BCUT2D eigenvalue weighted by Gasteiger charge is 2.24. The van der Waals surface area contributed by atoms with Crippen LogP contribution < -0.4 is 4.74 Å². The summed E-state index contributed by atoms with van der Waals surface area (Å²) >= 11 is 0. The molecule has 1 aliphatic rings. The SMILES string of the molecule is CCN(Cc1ccccc1)C(=O)CN1CCN(C(=O)COc2ccc(F)cc2)CC1. The summed E-state index contributed by atoms with van der Waals surface area (Å²) in [5, 5.41) is 0. The van der Waals surface area contributed by atoms with Crippen LogP contribution in [0, 0.1) is 5.82 Å². The molecule has 30 heavy (non-hydrogen) atoms. The number of ether oxygens (including phenoxy) is 1. The Hall–Kier alpha value is -2.93. The van der Waals surface area contributed by atoms with Crippen molar-refractivity contribution in [1.82, 2.24) is 14.7 Å². The molecular weight excluding hydrogens is 385 g/mol. The van der Waals surface area contributed by atoms with Crippen molar-refractivity contribution in [3.63, 3.8) is 0 Å². The Morgan fingerprint density at radius 1 is 1.00 bits per heavy atom. The molecule has 2 aromatic rings. The first-order valence-electron chi connectivity index (χ1n) is 10.3. The zero-order chi connectivity index (χ0) is 21.3. The molecule has 2 amide bonds. The Balaban J connectivity index is 1.41. The minimum absolute atomic E-state index is 0.0781. The molecule has 1 saturated heterocycles. The standard InChI is InChI=1S/C23H28FN3O3/c1-2-26(16-19-6-4-3-5-7-19)22(28)17-25-12-14-27(15-13-25)23(29)18-30-21-10-8-20(24)9-11-21/h3-11H,2,12-18H2,1H3. The van der Waals surface area contributed by atoms with Crippen LogP contribution in [0.5, 0.6) is 5.75 Å². The highest BCUT2D eigenvalue weighted by Crippen LogP contribution is 2.12. The van der Waals surface area contributed by atoms with Crippen LogP contribution in [0.4, 0.5) is 4.39 Å². The average Bonchev–Trinajstić information content (AvgIpc) is 2.78. The van der Waals surface area contributed by atoms with Crippen molar-refractivity contribution in [2.45, 2.75) is 13.5 Å². The van der Waals surface area contributed by atoms with Crippen LogP contribution in [0.2, 0.25) is 0 Å². The van der Waals surface area contributed by atoms with Crippen molar-refractivity contribution >= 4 is 11.8 Å². The second kappa shape index (κ2) is 10.7. The molecule has 0 saturated carbocycles. The van der Waals surface area contributed by atoms with Crippen LogP contribution in [0.25, 0.3) is 0 Å². The summed E-state index contributed by atoms with van der Waals surface area (Å²) in [5.41, 5.74) is 1.12. The lowest BCUT2D eigenvalue weighted by Crippen LogP contribution is -2.52. The van der Waals surface area contributed by atoms with Crippen molar-refractivity contribution in [3.8, 4) is 5.75 Å². The Morgan fingerprint density at radius 3 is 2.30 bits per heavy atom. The van der Waals surface area contributed by atoms with Gasteiger partial charge in [-0.15, -0.1) is 0 Å². The first-order valence-corrected chi connectivity index (χ1v) is 10.3. The second-order valence-electron chi connectivity index (χ2n) is 7.29. The predicted octanol–water partition coefficient (Wildman–Crippen LogP) is 2.40. The van der Waals surface area contributed by atoms with Gasteiger partial charge >= 0.3 is 0 Å². The molecule has 1 heterocycles. The van der Waals surface area contributed by atoms with E-state index in [0.29, 0.717) is 51.6 Å². The summed E-state index contributed by atoms with van der Waals surface area (Å²) in [6.07, 6.45) is 0. The number of carbonyl (C=O) groups is 2. The molecule has 1 fully saturated rings. The topological polar surface area (TPSA) is 53.1 Å². The minimum Gasteiger partial charge on any atom is -0.484 e. The number of nitrogens with zero attached hydrogens (tertiary/aromatic N) is 3. The fraction of sp³-hybridized carbons (Fsp3) is 0.391. The third-order valence-electron chi connectivity index (χ3n) is 5.21. The van der Waals surface area contributed by atoms with Crippen LogP contribution in [0.1, 0.15) is 12.5 Å². The van der Waals surface area contributed by atoms with Gasteiger partial charge in [-0.05, 0) is 36.8 Å². The largest absolute Gasteiger partial charge is 0.484 e. The van der Waals surface area contributed by atoms with Gasteiger partial charge in [0.05, 0.1) is 6.54 Å². The lowest BCUT2D eigenvalue weighted by Gasteiger charge is -2.35. The van der Waals surface area contributed by atoms with E-state index in [1.807, 2.05) is 42.2 Å². The maximum absolute atomic E-state index is 12.9. The van der Waals surface area contributed by atoms with E-state index in [4.69, 9.17) is 4.74 Å². The molecule has 2 aromatic carbocycles. The van der Waals surface area contributed by atoms with E-state index in [1.165, 1.54) is 24.3 Å². The molecule has 0 spiro atoms. The van der Waals surface area contributed by atoms with Gasteiger partial charge in [0.1, 0.15) is 11.6 Å². The van der Waals surface area contributed by atoms with E-state index in [9.17, 15) is 14.0 Å². The first-order chi connectivity index (χ1) is 14.5. The summed E-state index contributed by atoms with van der Waals surface area (Å²) in [4.78, 5) is 30.7. The van der Waals surface area contributed by atoms with Crippen LogP contribution in [-0.4, -0.2) is 72.4 Å². The van der Waals surface area contributed by atoms with Crippen molar-refractivity contribution in [2.75, 3.05) is 45.9 Å².